The second-order valence-corrected chi connectivity index (χ2v) is 4.42. The van der Waals surface area contributed by atoms with Gasteiger partial charge in [-0.05, 0) is 35.0 Å². The number of nitrogens with one attached hydrogen (secondary N) is 1. The van der Waals surface area contributed by atoms with E-state index in [-0.39, 0.29) is 6.54 Å². The van der Waals surface area contributed by atoms with Crippen LogP contribution < -0.4 is 11.1 Å². The second-order valence-electron chi connectivity index (χ2n) is 3.57. The van der Waals surface area contributed by atoms with E-state index in [2.05, 4.69) is 26.0 Å². The van der Waals surface area contributed by atoms with Gasteiger partial charge in [0.1, 0.15) is 6.54 Å². The van der Waals surface area contributed by atoms with Crippen LogP contribution in [0, 0.1) is 0 Å². The number of carbonyl (C=O) groups is 2. The van der Waals surface area contributed by atoms with E-state index in [1.54, 1.807) is 13.0 Å². The Morgan fingerprint density at radius 3 is 2.68 bits per heavy atom. The zero-order valence-corrected chi connectivity index (χ0v) is 12.2. The molecule has 0 atom stereocenters. The Balaban J connectivity index is 2.90. The van der Waals surface area contributed by atoms with Crippen LogP contribution in [0.4, 0.5) is 11.4 Å². The monoisotopic (exact) mass is 330 g/mol. The van der Waals surface area contributed by atoms with E-state index in [4.69, 9.17) is 10.5 Å². The van der Waals surface area contributed by atoms with E-state index < -0.39 is 11.9 Å². The number of esters is 2. The third kappa shape index (κ3) is 4.13. The molecule has 0 unspecified atom stereocenters. The summed E-state index contributed by atoms with van der Waals surface area (Å²) in [5, 5.41) is 2.82. The van der Waals surface area contributed by atoms with E-state index in [9.17, 15) is 9.59 Å². The van der Waals surface area contributed by atoms with Crippen molar-refractivity contribution in [1.82, 2.24) is 0 Å². The normalized spacial score (nSPS) is 9.84. The first kappa shape index (κ1) is 15.3. The van der Waals surface area contributed by atoms with Gasteiger partial charge in [0.2, 0.25) is 0 Å². The highest BCUT2D eigenvalue weighted by Gasteiger charge is 2.13. The van der Waals surface area contributed by atoms with Crippen molar-refractivity contribution in [2.45, 2.75) is 6.92 Å². The predicted octanol–water partition coefficient (Wildman–Crippen LogP) is 1.79. The lowest BCUT2D eigenvalue weighted by Gasteiger charge is -2.12. The van der Waals surface area contributed by atoms with Gasteiger partial charge in [0, 0.05) is 4.47 Å². The first-order valence-electron chi connectivity index (χ1n) is 5.56. The Hall–Kier alpha value is -1.76. The number of rotatable bonds is 5. The molecule has 19 heavy (non-hydrogen) atoms. The Morgan fingerprint density at radius 1 is 1.42 bits per heavy atom. The van der Waals surface area contributed by atoms with Crippen molar-refractivity contribution in [1.29, 1.82) is 0 Å². The molecule has 3 N–H and O–H groups in total. The number of hydrogen-bond acceptors (Lipinski definition) is 6. The third-order valence-electron chi connectivity index (χ3n) is 2.28. The molecule has 1 rings (SSSR count). The molecule has 0 aromatic heterocycles. The van der Waals surface area contributed by atoms with E-state index in [0.29, 0.717) is 28.0 Å². The zero-order valence-electron chi connectivity index (χ0n) is 10.7. The molecule has 0 bridgehead atoms. The van der Waals surface area contributed by atoms with Crippen molar-refractivity contribution >= 4 is 39.2 Å². The quantitative estimate of drug-likeness (QED) is 0.631. The van der Waals surface area contributed by atoms with E-state index >= 15 is 0 Å². The molecule has 0 saturated heterocycles. The fourth-order valence-electron chi connectivity index (χ4n) is 1.38. The minimum atomic E-state index is -0.486. The van der Waals surface area contributed by atoms with Crippen LogP contribution in [0.25, 0.3) is 0 Å². The van der Waals surface area contributed by atoms with Gasteiger partial charge in [0.05, 0.1) is 30.7 Å². The number of halogens is 1. The van der Waals surface area contributed by atoms with Gasteiger partial charge in [-0.15, -0.1) is 0 Å². The molecule has 0 aliphatic heterocycles. The Morgan fingerprint density at radius 2 is 2.11 bits per heavy atom. The lowest BCUT2D eigenvalue weighted by atomic mass is 10.1. The maximum Gasteiger partial charge on any atom is 0.337 e. The molecule has 1 aromatic carbocycles. The summed E-state index contributed by atoms with van der Waals surface area (Å²) in [5.41, 5.74) is 7.03. The molecular weight excluding hydrogens is 316 g/mol. The Labute approximate surface area is 119 Å². The summed E-state index contributed by atoms with van der Waals surface area (Å²) in [6.07, 6.45) is 0. The Kier molecular flexibility index (Phi) is 5.62. The minimum absolute atomic E-state index is 0.0326. The highest BCUT2D eigenvalue weighted by atomic mass is 79.9. The molecule has 6 nitrogen and oxygen atoms in total. The summed E-state index contributed by atoms with van der Waals surface area (Å²) in [6, 6.07) is 3.07. The molecule has 0 aliphatic carbocycles. The molecule has 0 saturated carbocycles. The number of hydrogen-bond donors (Lipinski definition) is 2. The molecule has 0 spiro atoms. The maximum atomic E-state index is 11.5. The predicted molar refractivity (Wildman–Crippen MR) is 75.0 cm³/mol. The van der Waals surface area contributed by atoms with Gasteiger partial charge in [0.25, 0.3) is 0 Å². The third-order valence-corrected chi connectivity index (χ3v) is 2.94. The first-order valence-corrected chi connectivity index (χ1v) is 6.35. The molecule has 0 heterocycles. The van der Waals surface area contributed by atoms with E-state index in [1.807, 2.05) is 0 Å². The number of benzene rings is 1. The zero-order chi connectivity index (χ0) is 14.4. The van der Waals surface area contributed by atoms with Crippen molar-refractivity contribution < 1.29 is 19.1 Å². The van der Waals surface area contributed by atoms with Crippen molar-refractivity contribution in [3.05, 3.63) is 22.2 Å². The SMILES string of the molecule is CCOC(=O)CNc1cc(C(=O)OC)cc(Br)c1N. The van der Waals surface area contributed by atoms with Gasteiger partial charge in [0.15, 0.2) is 0 Å². The van der Waals surface area contributed by atoms with Gasteiger partial charge in [-0.3, -0.25) is 4.79 Å². The average Bonchev–Trinajstić information content (AvgIpc) is 2.39. The summed E-state index contributed by atoms with van der Waals surface area (Å²) in [4.78, 5) is 22.7. The lowest BCUT2D eigenvalue weighted by Crippen LogP contribution is -2.18. The largest absolute Gasteiger partial charge is 0.465 e. The van der Waals surface area contributed by atoms with E-state index in [0.717, 1.165) is 0 Å². The average molecular weight is 331 g/mol. The summed E-state index contributed by atoms with van der Waals surface area (Å²) >= 11 is 3.24. The molecule has 0 radical (unpaired) electrons. The van der Waals surface area contributed by atoms with Crippen molar-refractivity contribution in [3.63, 3.8) is 0 Å². The molecule has 0 aliphatic rings. The van der Waals surface area contributed by atoms with Gasteiger partial charge in [-0.2, -0.15) is 0 Å². The van der Waals surface area contributed by atoms with Crippen LogP contribution in [0.2, 0.25) is 0 Å². The summed E-state index contributed by atoms with van der Waals surface area (Å²) < 4.78 is 9.96. The number of carbonyl (C=O) groups excluding carboxylic acids is 2. The number of ether oxygens (including phenoxy) is 2. The number of anilines is 2. The maximum absolute atomic E-state index is 11.5. The summed E-state index contributed by atoms with van der Waals surface area (Å²) in [5.74, 6) is -0.888. The number of nitrogens with two attached hydrogens (primary N) is 1. The highest BCUT2D eigenvalue weighted by molar-refractivity contribution is 9.10. The Bertz CT molecular complexity index is 491. The van der Waals surface area contributed by atoms with Crippen LogP contribution in [0.15, 0.2) is 16.6 Å². The van der Waals surface area contributed by atoms with Gasteiger partial charge in [-0.25, -0.2) is 4.79 Å². The van der Waals surface area contributed by atoms with Crippen molar-refractivity contribution in [2.24, 2.45) is 0 Å². The van der Waals surface area contributed by atoms with Crippen LogP contribution in [0.1, 0.15) is 17.3 Å². The number of methoxy groups -OCH3 is 1. The number of nitrogen functional groups attached to an aromatic ring is 1. The fraction of sp³-hybridized carbons (Fsp3) is 0.333. The van der Waals surface area contributed by atoms with Gasteiger partial charge < -0.3 is 20.5 Å². The molecule has 1 aromatic rings. The van der Waals surface area contributed by atoms with Crippen LogP contribution in [0.3, 0.4) is 0 Å². The molecular formula is C12H15BrN2O4. The van der Waals surface area contributed by atoms with Crippen LogP contribution >= 0.6 is 15.9 Å². The standard InChI is InChI=1S/C12H15BrN2O4/c1-3-19-10(16)6-15-9-5-7(12(17)18-2)4-8(13)11(9)14/h4-5,15H,3,6,14H2,1-2H3. The molecule has 104 valence electrons. The second kappa shape index (κ2) is 6.98. The van der Waals surface area contributed by atoms with Crippen molar-refractivity contribution in [2.75, 3.05) is 31.3 Å². The topological polar surface area (TPSA) is 90.6 Å². The smallest absolute Gasteiger partial charge is 0.337 e. The fourth-order valence-corrected chi connectivity index (χ4v) is 1.84. The highest BCUT2D eigenvalue weighted by Crippen LogP contribution is 2.29. The van der Waals surface area contributed by atoms with Crippen LogP contribution in [-0.2, 0) is 14.3 Å². The van der Waals surface area contributed by atoms with Gasteiger partial charge >= 0.3 is 11.9 Å². The van der Waals surface area contributed by atoms with Crippen molar-refractivity contribution in [3.8, 4) is 0 Å². The first-order chi connectivity index (χ1) is 8.99. The van der Waals surface area contributed by atoms with Crippen LogP contribution in [-0.4, -0.2) is 32.2 Å². The van der Waals surface area contributed by atoms with Gasteiger partial charge in [-0.1, -0.05) is 0 Å². The summed E-state index contributed by atoms with van der Waals surface area (Å²) in [7, 11) is 1.29. The summed E-state index contributed by atoms with van der Waals surface area (Å²) in [6.45, 7) is 2.00. The molecule has 7 heteroatoms. The lowest BCUT2D eigenvalue weighted by molar-refractivity contribution is -0.140. The molecule has 0 fully saturated rings. The molecule has 0 amide bonds. The van der Waals surface area contributed by atoms with Crippen LogP contribution in [0.5, 0.6) is 0 Å². The minimum Gasteiger partial charge on any atom is -0.465 e. The van der Waals surface area contributed by atoms with E-state index in [1.165, 1.54) is 13.2 Å².